The first-order valence-corrected chi connectivity index (χ1v) is 6.17. The maximum absolute atomic E-state index is 11.8. The smallest absolute Gasteiger partial charge is 0.250 e. The lowest BCUT2D eigenvalue weighted by Crippen LogP contribution is -2.41. The minimum absolute atomic E-state index is 0.0525. The van der Waals surface area contributed by atoms with E-state index >= 15 is 0 Å². The molecule has 90 valence electrons. The van der Waals surface area contributed by atoms with Crippen LogP contribution in [0.3, 0.4) is 0 Å². The van der Waals surface area contributed by atoms with Crippen molar-refractivity contribution in [3.63, 3.8) is 0 Å². The topological polar surface area (TPSA) is 64.4 Å². The Morgan fingerprint density at radius 1 is 1.69 bits per heavy atom. The predicted molar refractivity (Wildman–Crippen MR) is 65.3 cm³/mol. The summed E-state index contributed by atoms with van der Waals surface area (Å²) in [7, 11) is 1.49. The van der Waals surface area contributed by atoms with Gasteiger partial charge in [-0.05, 0) is 17.9 Å². The van der Waals surface area contributed by atoms with E-state index in [2.05, 4.69) is 5.32 Å². The highest BCUT2D eigenvalue weighted by Crippen LogP contribution is 2.21. The number of methoxy groups -OCH3 is 1. The van der Waals surface area contributed by atoms with Crippen molar-refractivity contribution in [3.05, 3.63) is 22.4 Å². The highest BCUT2D eigenvalue weighted by atomic mass is 32.1. The molecule has 1 aromatic rings. The van der Waals surface area contributed by atoms with Crippen LogP contribution in [0.25, 0.3) is 0 Å². The van der Waals surface area contributed by atoms with E-state index in [1.165, 1.54) is 7.11 Å². The van der Waals surface area contributed by atoms with Crippen LogP contribution in [-0.2, 0) is 9.53 Å². The molecule has 1 rings (SSSR count). The molecule has 1 aromatic heterocycles. The van der Waals surface area contributed by atoms with Gasteiger partial charge in [0, 0.05) is 18.5 Å². The largest absolute Gasteiger partial charge is 0.370 e. The van der Waals surface area contributed by atoms with Crippen LogP contribution < -0.4 is 11.1 Å². The van der Waals surface area contributed by atoms with Crippen LogP contribution in [0.4, 0.5) is 0 Å². The Labute approximate surface area is 99.8 Å². The lowest BCUT2D eigenvalue weighted by atomic mass is 10.1. The standard InChI is InChI=1S/C11H18N2O2S/c1-3-8(10-5-4-6-16-10)13-11(14)9(7-12)15-2/h4-6,8-9H,3,7,12H2,1-2H3,(H,13,14). The van der Waals surface area contributed by atoms with Crippen molar-refractivity contribution in [2.75, 3.05) is 13.7 Å². The molecule has 0 fully saturated rings. The summed E-state index contributed by atoms with van der Waals surface area (Å²) < 4.78 is 4.99. The van der Waals surface area contributed by atoms with Crippen LogP contribution in [0, 0.1) is 0 Å². The van der Waals surface area contributed by atoms with Crippen LogP contribution in [-0.4, -0.2) is 25.7 Å². The molecule has 1 heterocycles. The van der Waals surface area contributed by atoms with Gasteiger partial charge < -0.3 is 15.8 Å². The molecule has 1 amide bonds. The average molecular weight is 242 g/mol. The summed E-state index contributed by atoms with van der Waals surface area (Å²) in [4.78, 5) is 12.9. The van der Waals surface area contributed by atoms with E-state index in [0.717, 1.165) is 11.3 Å². The van der Waals surface area contributed by atoms with Gasteiger partial charge in [-0.25, -0.2) is 0 Å². The number of thiophene rings is 1. The summed E-state index contributed by atoms with van der Waals surface area (Å²) in [5, 5.41) is 4.94. The zero-order valence-electron chi connectivity index (χ0n) is 9.60. The van der Waals surface area contributed by atoms with Crippen LogP contribution in [0.2, 0.25) is 0 Å². The quantitative estimate of drug-likeness (QED) is 0.790. The van der Waals surface area contributed by atoms with Gasteiger partial charge in [0.25, 0.3) is 5.91 Å². The third-order valence-electron chi connectivity index (χ3n) is 2.40. The fourth-order valence-electron chi connectivity index (χ4n) is 1.44. The normalized spacial score (nSPS) is 14.4. The van der Waals surface area contributed by atoms with E-state index < -0.39 is 6.10 Å². The highest BCUT2D eigenvalue weighted by Gasteiger charge is 2.20. The Morgan fingerprint density at radius 3 is 2.88 bits per heavy atom. The van der Waals surface area contributed by atoms with Gasteiger partial charge in [-0.3, -0.25) is 4.79 Å². The zero-order chi connectivity index (χ0) is 12.0. The van der Waals surface area contributed by atoms with Gasteiger partial charge in [-0.1, -0.05) is 13.0 Å². The van der Waals surface area contributed by atoms with Crippen molar-refractivity contribution in [3.8, 4) is 0 Å². The lowest BCUT2D eigenvalue weighted by molar-refractivity contribution is -0.131. The molecule has 0 aliphatic rings. The van der Waals surface area contributed by atoms with Crippen LogP contribution in [0.1, 0.15) is 24.3 Å². The SMILES string of the molecule is CCC(NC(=O)C(CN)OC)c1cccs1. The summed E-state index contributed by atoms with van der Waals surface area (Å²) in [6.07, 6.45) is 0.293. The Kier molecular flexibility index (Phi) is 5.45. The van der Waals surface area contributed by atoms with Crippen molar-refractivity contribution in [1.82, 2.24) is 5.32 Å². The third kappa shape index (κ3) is 3.30. The average Bonchev–Trinajstić information content (AvgIpc) is 2.81. The minimum Gasteiger partial charge on any atom is -0.370 e. The van der Waals surface area contributed by atoms with Crippen molar-refractivity contribution >= 4 is 17.2 Å². The van der Waals surface area contributed by atoms with Crippen molar-refractivity contribution in [1.29, 1.82) is 0 Å². The molecule has 16 heavy (non-hydrogen) atoms. The first-order chi connectivity index (χ1) is 7.72. The molecule has 2 unspecified atom stereocenters. The Hall–Kier alpha value is -0.910. The minimum atomic E-state index is -0.561. The van der Waals surface area contributed by atoms with Crippen molar-refractivity contribution in [2.45, 2.75) is 25.5 Å². The highest BCUT2D eigenvalue weighted by molar-refractivity contribution is 7.10. The van der Waals surface area contributed by atoms with Crippen LogP contribution >= 0.6 is 11.3 Å². The van der Waals surface area contributed by atoms with E-state index in [1.54, 1.807) is 11.3 Å². The molecule has 0 saturated heterocycles. The maximum Gasteiger partial charge on any atom is 0.250 e. The van der Waals surface area contributed by atoms with Gasteiger partial charge in [0.1, 0.15) is 6.10 Å². The lowest BCUT2D eigenvalue weighted by Gasteiger charge is -2.19. The first kappa shape index (κ1) is 13.2. The number of amides is 1. The van der Waals surface area contributed by atoms with E-state index in [-0.39, 0.29) is 18.5 Å². The number of carbonyl (C=O) groups excluding carboxylic acids is 1. The molecule has 0 aromatic carbocycles. The summed E-state index contributed by atoms with van der Waals surface area (Å²) in [5.74, 6) is -0.148. The van der Waals surface area contributed by atoms with Gasteiger partial charge in [0.15, 0.2) is 0 Å². The number of rotatable bonds is 6. The second-order valence-electron chi connectivity index (χ2n) is 3.44. The van der Waals surface area contributed by atoms with Gasteiger partial charge in [-0.2, -0.15) is 0 Å². The number of hydrogen-bond donors (Lipinski definition) is 2. The summed E-state index contributed by atoms with van der Waals surface area (Å²) in [5.41, 5.74) is 5.44. The zero-order valence-corrected chi connectivity index (χ0v) is 10.4. The van der Waals surface area contributed by atoms with Crippen molar-refractivity contribution < 1.29 is 9.53 Å². The predicted octanol–water partition coefficient (Wildman–Crippen LogP) is 1.29. The number of carbonyl (C=O) groups is 1. The first-order valence-electron chi connectivity index (χ1n) is 5.29. The van der Waals surface area contributed by atoms with E-state index in [0.29, 0.717) is 0 Å². The fourth-order valence-corrected chi connectivity index (χ4v) is 2.30. The third-order valence-corrected chi connectivity index (χ3v) is 3.39. The molecule has 0 bridgehead atoms. The van der Waals surface area contributed by atoms with Crippen LogP contribution in [0.15, 0.2) is 17.5 Å². The molecule has 0 spiro atoms. The van der Waals surface area contributed by atoms with Gasteiger partial charge in [0.2, 0.25) is 0 Å². The molecular formula is C11H18N2O2S. The molecular weight excluding hydrogens is 224 g/mol. The Bertz CT molecular complexity index is 310. The molecule has 3 N–H and O–H groups in total. The number of ether oxygens (including phenoxy) is 1. The second-order valence-corrected chi connectivity index (χ2v) is 4.42. The maximum atomic E-state index is 11.8. The van der Waals surface area contributed by atoms with Gasteiger partial charge in [-0.15, -0.1) is 11.3 Å². The monoisotopic (exact) mass is 242 g/mol. The molecule has 0 aliphatic carbocycles. The molecule has 0 saturated carbocycles. The molecule has 4 nitrogen and oxygen atoms in total. The summed E-state index contributed by atoms with van der Waals surface area (Å²) in [6.45, 7) is 2.23. The fraction of sp³-hybridized carbons (Fsp3) is 0.545. The molecule has 0 radical (unpaired) electrons. The second kappa shape index (κ2) is 6.62. The van der Waals surface area contributed by atoms with Gasteiger partial charge in [0.05, 0.1) is 6.04 Å². The van der Waals surface area contributed by atoms with E-state index in [4.69, 9.17) is 10.5 Å². The molecule has 0 aliphatic heterocycles. The van der Waals surface area contributed by atoms with E-state index in [1.807, 2.05) is 24.4 Å². The summed E-state index contributed by atoms with van der Waals surface area (Å²) >= 11 is 1.64. The van der Waals surface area contributed by atoms with Crippen molar-refractivity contribution in [2.24, 2.45) is 5.73 Å². The number of nitrogens with one attached hydrogen (secondary N) is 1. The number of hydrogen-bond acceptors (Lipinski definition) is 4. The molecule has 2 atom stereocenters. The summed E-state index contributed by atoms with van der Waals surface area (Å²) in [6, 6.07) is 4.05. The Balaban J connectivity index is 2.60. The Morgan fingerprint density at radius 2 is 2.44 bits per heavy atom. The number of nitrogens with two attached hydrogens (primary N) is 1. The van der Waals surface area contributed by atoms with E-state index in [9.17, 15) is 4.79 Å². The van der Waals surface area contributed by atoms with Crippen LogP contribution in [0.5, 0.6) is 0 Å². The molecule has 5 heteroatoms. The van der Waals surface area contributed by atoms with Gasteiger partial charge >= 0.3 is 0 Å².